The van der Waals surface area contributed by atoms with Gasteiger partial charge in [-0.3, -0.25) is 9.59 Å². The first kappa shape index (κ1) is 18.8. The molecule has 1 aromatic heterocycles. The lowest BCUT2D eigenvalue weighted by molar-refractivity contribution is -0.118. The number of thiazole rings is 1. The SMILES string of the molecule is CCC[C@H](NC(=O)c1ccccc1)C(=O)Nc1nc(-c2ccccc2)cs1. The molecule has 1 atom stereocenters. The van der Waals surface area contributed by atoms with Gasteiger partial charge in [0.2, 0.25) is 5.91 Å². The van der Waals surface area contributed by atoms with Gasteiger partial charge >= 0.3 is 0 Å². The normalized spacial score (nSPS) is 11.6. The number of anilines is 1. The van der Waals surface area contributed by atoms with Crippen LogP contribution in [-0.2, 0) is 4.79 Å². The molecule has 0 fully saturated rings. The maximum Gasteiger partial charge on any atom is 0.251 e. The molecule has 3 rings (SSSR count). The van der Waals surface area contributed by atoms with Crippen LogP contribution in [0, 0.1) is 0 Å². The third-order valence-corrected chi connectivity index (χ3v) is 4.80. The first-order valence-electron chi connectivity index (χ1n) is 8.85. The number of rotatable bonds is 7. The molecule has 0 saturated heterocycles. The fourth-order valence-electron chi connectivity index (χ4n) is 2.65. The largest absolute Gasteiger partial charge is 0.340 e. The predicted octanol–water partition coefficient (Wildman–Crippen LogP) is 4.35. The fraction of sp³-hybridized carbons (Fsp3) is 0.190. The summed E-state index contributed by atoms with van der Waals surface area (Å²) in [5.41, 5.74) is 2.35. The smallest absolute Gasteiger partial charge is 0.251 e. The van der Waals surface area contributed by atoms with Crippen molar-refractivity contribution in [3.8, 4) is 11.3 Å². The Morgan fingerprint density at radius 2 is 1.70 bits per heavy atom. The maximum absolute atomic E-state index is 12.7. The third kappa shape index (κ3) is 5.01. The van der Waals surface area contributed by atoms with Crippen molar-refractivity contribution in [2.24, 2.45) is 0 Å². The van der Waals surface area contributed by atoms with Crippen LogP contribution in [0.5, 0.6) is 0 Å². The Kier molecular flexibility index (Phi) is 6.33. The second-order valence-electron chi connectivity index (χ2n) is 6.07. The van der Waals surface area contributed by atoms with Crippen molar-refractivity contribution in [1.29, 1.82) is 0 Å². The summed E-state index contributed by atoms with van der Waals surface area (Å²) in [5.74, 6) is -0.511. The average Bonchev–Trinajstić information content (AvgIpc) is 3.17. The highest BCUT2D eigenvalue weighted by Gasteiger charge is 2.21. The molecule has 27 heavy (non-hydrogen) atoms. The van der Waals surface area contributed by atoms with E-state index in [9.17, 15) is 9.59 Å². The summed E-state index contributed by atoms with van der Waals surface area (Å²) >= 11 is 1.37. The molecule has 2 aromatic carbocycles. The van der Waals surface area contributed by atoms with E-state index >= 15 is 0 Å². The van der Waals surface area contributed by atoms with E-state index in [1.54, 1.807) is 24.3 Å². The number of nitrogens with one attached hydrogen (secondary N) is 2. The lowest BCUT2D eigenvalue weighted by Crippen LogP contribution is -2.43. The number of hydrogen-bond acceptors (Lipinski definition) is 4. The number of benzene rings is 2. The van der Waals surface area contributed by atoms with Crippen LogP contribution < -0.4 is 10.6 Å². The van der Waals surface area contributed by atoms with Gasteiger partial charge in [-0.1, -0.05) is 61.9 Å². The van der Waals surface area contributed by atoms with Crippen LogP contribution in [0.15, 0.2) is 66.0 Å². The van der Waals surface area contributed by atoms with Crippen molar-refractivity contribution < 1.29 is 9.59 Å². The van der Waals surface area contributed by atoms with Gasteiger partial charge in [0.05, 0.1) is 5.69 Å². The molecule has 0 bridgehead atoms. The first-order valence-corrected chi connectivity index (χ1v) is 9.73. The topological polar surface area (TPSA) is 71.1 Å². The molecule has 6 heteroatoms. The van der Waals surface area contributed by atoms with E-state index in [-0.39, 0.29) is 11.8 Å². The number of aromatic nitrogens is 1. The van der Waals surface area contributed by atoms with Gasteiger partial charge < -0.3 is 10.6 Å². The molecule has 0 aliphatic carbocycles. The van der Waals surface area contributed by atoms with Crippen LogP contribution in [0.25, 0.3) is 11.3 Å². The van der Waals surface area contributed by atoms with Gasteiger partial charge in [0.1, 0.15) is 6.04 Å². The van der Waals surface area contributed by atoms with Gasteiger partial charge in [-0.05, 0) is 18.6 Å². The summed E-state index contributed by atoms with van der Waals surface area (Å²) in [5, 5.41) is 8.07. The lowest BCUT2D eigenvalue weighted by atomic mass is 10.1. The first-order chi connectivity index (χ1) is 13.2. The zero-order valence-corrected chi connectivity index (χ0v) is 15.8. The Hall–Kier alpha value is -2.99. The number of amides is 2. The molecule has 0 radical (unpaired) electrons. The highest BCUT2D eigenvalue weighted by molar-refractivity contribution is 7.14. The van der Waals surface area contributed by atoms with Crippen LogP contribution in [0.1, 0.15) is 30.1 Å². The van der Waals surface area contributed by atoms with Crippen LogP contribution in [-0.4, -0.2) is 22.8 Å². The summed E-state index contributed by atoms with van der Waals surface area (Å²) in [6, 6.07) is 18.1. The molecule has 0 saturated carbocycles. The van der Waals surface area contributed by atoms with E-state index < -0.39 is 6.04 Å². The van der Waals surface area contributed by atoms with Gasteiger partial charge in [-0.2, -0.15) is 0 Å². The molecule has 5 nitrogen and oxygen atoms in total. The van der Waals surface area contributed by atoms with Crippen molar-refractivity contribution in [2.45, 2.75) is 25.8 Å². The Bertz CT molecular complexity index is 894. The Balaban J connectivity index is 1.67. The van der Waals surface area contributed by atoms with Crippen molar-refractivity contribution in [3.05, 3.63) is 71.6 Å². The zero-order valence-electron chi connectivity index (χ0n) is 15.0. The Morgan fingerprint density at radius 3 is 2.37 bits per heavy atom. The van der Waals surface area contributed by atoms with E-state index in [1.807, 2.05) is 48.7 Å². The van der Waals surface area contributed by atoms with E-state index in [4.69, 9.17) is 0 Å². The summed E-state index contributed by atoms with van der Waals surface area (Å²) in [4.78, 5) is 29.5. The summed E-state index contributed by atoms with van der Waals surface area (Å²) in [6.07, 6.45) is 1.33. The molecular weight excluding hydrogens is 358 g/mol. The lowest BCUT2D eigenvalue weighted by Gasteiger charge is -2.17. The molecule has 0 spiro atoms. The van der Waals surface area contributed by atoms with Crippen LogP contribution in [0.3, 0.4) is 0 Å². The minimum Gasteiger partial charge on any atom is -0.340 e. The summed E-state index contributed by atoms with van der Waals surface area (Å²) in [6.45, 7) is 1.98. The van der Waals surface area contributed by atoms with Gasteiger partial charge in [-0.25, -0.2) is 4.98 Å². The Morgan fingerprint density at radius 1 is 1.04 bits per heavy atom. The summed E-state index contributed by atoms with van der Waals surface area (Å²) in [7, 11) is 0. The fourth-order valence-corrected chi connectivity index (χ4v) is 3.38. The number of carbonyl (C=O) groups is 2. The van der Waals surface area contributed by atoms with Gasteiger partial charge in [0.25, 0.3) is 5.91 Å². The third-order valence-electron chi connectivity index (χ3n) is 4.04. The van der Waals surface area contributed by atoms with Crippen LogP contribution >= 0.6 is 11.3 Å². The van der Waals surface area contributed by atoms with Gasteiger partial charge in [0, 0.05) is 16.5 Å². The molecule has 3 aromatic rings. The standard InChI is InChI=1S/C21H21N3O2S/c1-2-9-17(22-19(25)16-12-7-4-8-13-16)20(26)24-21-23-18(14-27-21)15-10-5-3-6-11-15/h3-8,10-14,17H,2,9H2,1H3,(H,22,25)(H,23,24,26)/t17-/m0/s1. The molecule has 138 valence electrons. The molecular formula is C21H21N3O2S. The second-order valence-corrected chi connectivity index (χ2v) is 6.93. The highest BCUT2D eigenvalue weighted by Crippen LogP contribution is 2.24. The summed E-state index contributed by atoms with van der Waals surface area (Å²) < 4.78 is 0. The number of nitrogens with zero attached hydrogens (tertiary/aromatic N) is 1. The highest BCUT2D eigenvalue weighted by atomic mass is 32.1. The van der Waals surface area contributed by atoms with Gasteiger partial charge in [0.15, 0.2) is 5.13 Å². The van der Waals surface area contributed by atoms with Crippen molar-refractivity contribution in [3.63, 3.8) is 0 Å². The molecule has 2 amide bonds. The van der Waals surface area contributed by atoms with Crippen LogP contribution in [0.4, 0.5) is 5.13 Å². The molecule has 0 aliphatic rings. The second kappa shape index (κ2) is 9.09. The van der Waals surface area contributed by atoms with E-state index in [1.165, 1.54) is 11.3 Å². The minimum absolute atomic E-state index is 0.255. The molecule has 0 aliphatic heterocycles. The van der Waals surface area contributed by atoms with Crippen molar-refractivity contribution in [1.82, 2.24) is 10.3 Å². The quantitative estimate of drug-likeness (QED) is 0.641. The van der Waals surface area contributed by atoms with E-state index in [0.29, 0.717) is 17.1 Å². The number of hydrogen-bond donors (Lipinski definition) is 2. The molecule has 0 unspecified atom stereocenters. The monoisotopic (exact) mass is 379 g/mol. The predicted molar refractivity (Wildman–Crippen MR) is 109 cm³/mol. The minimum atomic E-state index is -0.605. The average molecular weight is 379 g/mol. The van der Waals surface area contributed by atoms with Crippen molar-refractivity contribution >= 4 is 28.3 Å². The maximum atomic E-state index is 12.7. The molecule has 1 heterocycles. The van der Waals surface area contributed by atoms with Crippen molar-refractivity contribution in [2.75, 3.05) is 5.32 Å². The number of carbonyl (C=O) groups excluding carboxylic acids is 2. The van der Waals surface area contributed by atoms with E-state index in [0.717, 1.165) is 17.7 Å². The van der Waals surface area contributed by atoms with Gasteiger partial charge in [-0.15, -0.1) is 11.3 Å². The Labute approximate surface area is 162 Å². The molecule has 2 N–H and O–H groups in total. The van der Waals surface area contributed by atoms with E-state index in [2.05, 4.69) is 15.6 Å². The van der Waals surface area contributed by atoms with Crippen LogP contribution in [0.2, 0.25) is 0 Å². The zero-order chi connectivity index (χ0) is 19.1.